The third kappa shape index (κ3) is 2.56. The molecule has 2 aromatic rings. The summed E-state index contributed by atoms with van der Waals surface area (Å²) in [5.74, 6) is 0.246. The van der Waals surface area contributed by atoms with E-state index in [2.05, 4.69) is 76.9 Å². The fourth-order valence-electron chi connectivity index (χ4n) is 3.58. The Morgan fingerprint density at radius 1 is 0.913 bits per heavy atom. The molecule has 0 fully saturated rings. The maximum atomic E-state index is 5.01. The maximum absolute atomic E-state index is 5.01. The van der Waals surface area contributed by atoms with Gasteiger partial charge in [0, 0.05) is 17.1 Å². The Bertz CT molecular complexity index is 791. The number of nitrogens with zero attached hydrogens (tertiary/aromatic N) is 1. The van der Waals surface area contributed by atoms with Crippen LogP contribution in [0.4, 0.5) is 0 Å². The predicted molar refractivity (Wildman–Crippen MR) is 98.6 cm³/mol. The molecule has 0 saturated heterocycles. The molecule has 1 aromatic carbocycles. The number of allylic oxidation sites excluding steroid dienone is 1. The number of hydrogen-bond donors (Lipinski definition) is 1. The van der Waals surface area contributed by atoms with E-state index in [1.165, 1.54) is 44.9 Å². The van der Waals surface area contributed by atoms with Gasteiger partial charge in [0.05, 0.1) is 12.0 Å². The van der Waals surface area contributed by atoms with Crippen molar-refractivity contribution < 1.29 is 0 Å². The molecule has 0 radical (unpaired) electrons. The van der Waals surface area contributed by atoms with Crippen molar-refractivity contribution in [3.05, 3.63) is 69.6 Å². The number of rotatable bonds is 3. The molecule has 3 rings (SSSR count). The highest BCUT2D eigenvalue weighted by molar-refractivity contribution is 6.00. The number of aromatic nitrogens is 1. The average molecular weight is 306 g/mol. The molecule has 1 N–H and O–H groups in total. The zero-order valence-corrected chi connectivity index (χ0v) is 15.0. The van der Waals surface area contributed by atoms with E-state index in [1.807, 2.05) is 0 Å². The number of aromatic amines is 1. The van der Waals surface area contributed by atoms with E-state index in [4.69, 9.17) is 4.99 Å². The van der Waals surface area contributed by atoms with Gasteiger partial charge in [0.15, 0.2) is 0 Å². The minimum absolute atomic E-state index is 0.188. The summed E-state index contributed by atoms with van der Waals surface area (Å²) < 4.78 is 0. The second-order valence-electron chi connectivity index (χ2n) is 6.77. The van der Waals surface area contributed by atoms with Gasteiger partial charge in [0.2, 0.25) is 0 Å². The van der Waals surface area contributed by atoms with Crippen LogP contribution in [-0.2, 0) is 0 Å². The second-order valence-corrected chi connectivity index (χ2v) is 6.77. The highest BCUT2D eigenvalue weighted by Crippen LogP contribution is 2.39. The van der Waals surface area contributed by atoms with Crippen LogP contribution in [0.15, 0.2) is 46.5 Å². The van der Waals surface area contributed by atoms with Crippen molar-refractivity contribution in [2.75, 3.05) is 0 Å². The Balaban J connectivity index is 2.19. The van der Waals surface area contributed by atoms with Gasteiger partial charge in [0.1, 0.15) is 0 Å². The highest BCUT2D eigenvalue weighted by atomic mass is 14.9. The third-order valence-corrected chi connectivity index (χ3v) is 5.55. The molecule has 0 spiro atoms. The first kappa shape index (κ1) is 15.8. The minimum atomic E-state index is 0.188. The molecule has 23 heavy (non-hydrogen) atoms. The Labute approximate surface area is 139 Å². The summed E-state index contributed by atoms with van der Waals surface area (Å²) in [5.41, 5.74) is 10.5. The molecular formula is C21H26N2. The SMILES string of the molecule is CC1=NC(C(c2ccccc2)c2[nH]c(C)c(C)c2C)C(C)=C1C. The van der Waals surface area contributed by atoms with Crippen molar-refractivity contribution in [2.24, 2.45) is 4.99 Å². The number of nitrogens with one attached hydrogen (secondary N) is 1. The first-order valence-corrected chi connectivity index (χ1v) is 8.34. The van der Waals surface area contributed by atoms with E-state index in [0.29, 0.717) is 0 Å². The molecule has 0 bridgehead atoms. The Kier molecular flexibility index (Phi) is 4.01. The fraction of sp³-hybridized carbons (Fsp3) is 0.381. The molecule has 2 atom stereocenters. The lowest BCUT2D eigenvalue weighted by molar-refractivity contribution is 0.660. The van der Waals surface area contributed by atoms with Crippen molar-refractivity contribution in [1.82, 2.24) is 4.98 Å². The van der Waals surface area contributed by atoms with E-state index >= 15 is 0 Å². The third-order valence-electron chi connectivity index (χ3n) is 5.55. The van der Waals surface area contributed by atoms with E-state index in [1.54, 1.807) is 0 Å². The topological polar surface area (TPSA) is 28.1 Å². The Hall–Kier alpha value is -2.09. The molecule has 1 aliphatic heterocycles. The van der Waals surface area contributed by atoms with Crippen LogP contribution >= 0.6 is 0 Å². The summed E-state index contributed by atoms with van der Waals surface area (Å²) >= 11 is 0. The van der Waals surface area contributed by atoms with Crippen molar-refractivity contribution in [2.45, 2.75) is 53.5 Å². The molecule has 0 amide bonds. The molecule has 2 nitrogen and oxygen atoms in total. The van der Waals surface area contributed by atoms with Crippen molar-refractivity contribution >= 4 is 5.71 Å². The average Bonchev–Trinajstić information content (AvgIpc) is 2.95. The van der Waals surface area contributed by atoms with Gasteiger partial charge in [-0.05, 0) is 69.4 Å². The number of aliphatic imine (C=N–C) groups is 1. The highest BCUT2D eigenvalue weighted by Gasteiger charge is 2.33. The van der Waals surface area contributed by atoms with Gasteiger partial charge in [-0.1, -0.05) is 30.3 Å². The van der Waals surface area contributed by atoms with E-state index in [-0.39, 0.29) is 12.0 Å². The van der Waals surface area contributed by atoms with Crippen LogP contribution < -0.4 is 0 Å². The Morgan fingerprint density at radius 3 is 2.04 bits per heavy atom. The van der Waals surface area contributed by atoms with Crippen LogP contribution in [0.2, 0.25) is 0 Å². The number of benzene rings is 1. The second kappa shape index (κ2) is 5.84. The van der Waals surface area contributed by atoms with Gasteiger partial charge in [-0.3, -0.25) is 4.99 Å². The maximum Gasteiger partial charge on any atom is 0.0839 e. The molecule has 1 aromatic heterocycles. The number of aryl methyl sites for hydroxylation is 1. The summed E-state index contributed by atoms with van der Waals surface area (Å²) in [6.07, 6.45) is 0. The molecule has 1 aliphatic rings. The first-order chi connectivity index (χ1) is 10.9. The summed E-state index contributed by atoms with van der Waals surface area (Å²) in [5, 5.41) is 0. The van der Waals surface area contributed by atoms with Crippen molar-refractivity contribution in [3.63, 3.8) is 0 Å². The van der Waals surface area contributed by atoms with Gasteiger partial charge in [-0.25, -0.2) is 0 Å². The quantitative estimate of drug-likeness (QED) is 0.802. The van der Waals surface area contributed by atoms with Crippen LogP contribution in [0.3, 0.4) is 0 Å². The molecule has 2 heteroatoms. The molecule has 2 heterocycles. The van der Waals surface area contributed by atoms with Crippen LogP contribution in [-0.4, -0.2) is 16.7 Å². The summed E-state index contributed by atoms with van der Waals surface area (Å²) in [6.45, 7) is 13.1. The molecule has 0 saturated carbocycles. The van der Waals surface area contributed by atoms with Crippen LogP contribution in [0, 0.1) is 20.8 Å². The monoisotopic (exact) mass is 306 g/mol. The fourth-order valence-corrected chi connectivity index (χ4v) is 3.58. The summed E-state index contributed by atoms with van der Waals surface area (Å²) in [7, 11) is 0. The first-order valence-electron chi connectivity index (χ1n) is 8.34. The number of hydrogen-bond acceptors (Lipinski definition) is 1. The Morgan fingerprint density at radius 2 is 1.57 bits per heavy atom. The lowest BCUT2D eigenvalue weighted by atomic mass is 9.83. The van der Waals surface area contributed by atoms with Gasteiger partial charge in [-0.2, -0.15) is 0 Å². The lowest BCUT2D eigenvalue weighted by Gasteiger charge is -2.24. The van der Waals surface area contributed by atoms with Crippen molar-refractivity contribution in [1.29, 1.82) is 0 Å². The summed E-state index contributed by atoms with van der Waals surface area (Å²) in [4.78, 5) is 8.65. The molecular weight excluding hydrogens is 280 g/mol. The van der Waals surface area contributed by atoms with E-state index in [9.17, 15) is 0 Å². The standard InChI is InChI=1S/C21H26N2/c1-12-14(3)20(22-16(12)5)19(18-10-8-7-9-11-18)21-15(4)13(2)17(6)23-21/h7-11,19-20,23H,1-6H3. The van der Waals surface area contributed by atoms with Gasteiger partial charge < -0.3 is 4.98 Å². The van der Waals surface area contributed by atoms with Crippen LogP contribution in [0.5, 0.6) is 0 Å². The molecule has 0 aliphatic carbocycles. The minimum Gasteiger partial charge on any atom is -0.361 e. The van der Waals surface area contributed by atoms with Gasteiger partial charge >= 0.3 is 0 Å². The largest absolute Gasteiger partial charge is 0.361 e. The van der Waals surface area contributed by atoms with E-state index in [0.717, 1.165) is 0 Å². The molecule has 120 valence electrons. The van der Waals surface area contributed by atoms with E-state index < -0.39 is 0 Å². The van der Waals surface area contributed by atoms with Gasteiger partial charge in [-0.15, -0.1) is 0 Å². The summed E-state index contributed by atoms with van der Waals surface area (Å²) in [6, 6.07) is 11.0. The van der Waals surface area contributed by atoms with Gasteiger partial charge in [0.25, 0.3) is 0 Å². The predicted octanol–water partition coefficient (Wildman–Crippen LogP) is 5.25. The van der Waals surface area contributed by atoms with Crippen molar-refractivity contribution in [3.8, 4) is 0 Å². The zero-order valence-electron chi connectivity index (χ0n) is 15.0. The lowest BCUT2D eigenvalue weighted by Crippen LogP contribution is -2.19. The zero-order chi connectivity index (χ0) is 16.7. The smallest absolute Gasteiger partial charge is 0.0839 e. The number of H-pyrrole nitrogens is 1. The molecule has 2 unspecified atom stereocenters. The van der Waals surface area contributed by atoms with Crippen LogP contribution in [0.25, 0.3) is 0 Å². The van der Waals surface area contributed by atoms with Crippen LogP contribution in [0.1, 0.15) is 54.8 Å². The normalized spacial score (nSPS) is 19.2.